The molecule has 3 aromatic rings. The Kier molecular flexibility index (Phi) is 3.41. The molecule has 0 atom stereocenters. The number of hydrogen-bond donors (Lipinski definition) is 1. The minimum absolute atomic E-state index is 0.0425. The van der Waals surface area contributed by atoms with Crippen LogP contribution in [-0.4, -0.2) is 28.3 Å². The molecule has 2 heterocycles. The van der Waals surface area contributed by atoms with Crippen molar-refractivity contribution in [3.05, 3.63) is 48.4 Å². The monoisotopic (exact) mass is 319 g/mol. The summed E-state index contributed by atoms with van der Waals surface area (Å²) in [6, 6.07) is 6.89. The molecule has 0 amide bonds. The number of rotatable bonds is 4. The number of aromatic nitrogens is 4. The molecule has 9 heteroatoms. The number of anilines is 1. The van der Waals surface area contributed by atoms with Crippen molar-refractivity contribution >= 4 is 15.7 Å². The average molecular weight is 319 g/mol. The van der Waals surface area contributed by atoms with E-state index in [0.29, 0.717) is 17.1 Å². The van der Waals surface area contributed by atoms with Gasteiger partial charge >= 0.3 is 0 Å². The number of nitrogens with zero attached hydrogens (tertiary/aromatic N) is 4. The van der Waals surface area contributed by atoms with E-state index in [1.807, 2.05) is 0 Å². The van der Waals surface area contributed by atoms with Gasteiger partial charge in [-0.15, -0.1) is 0 Å². The van der Waals surface area contributed by atoms with Crippen molar-refractivity contribution in [1.29, 1.82) is 0 Å². The molecule has 2 aromatic heterocycles. The number of benzene rings is 1. The van der Waals surface area contributed by atoms with E-state index in [-0.39, 0.29) is 10.7 Å². The van der Waals surface area contributed by atoms with Crippen molar-refractivity contribution < 1.29 is 12.9 Å². The molecule has 0 fully saturated rings. The van der Waals surface area contributed by atoms with Crippen LogP contribution in [0.5, 0.6) is 0 Å². The first-order chi connectivity index (χ1) is 10.5. The number of nitrogens with one attached hydrogen (secondary N) is 1. The van der Waals surface area contributed by atoms with Gasteiger partial charge in [-0.3, -0.25) is 4.72 Å². The molecule has 0 aliphatic rings. The zero-order valence-corrected chi connectivity index (χ0v) is 12.7. The molecule has 114 valence electrons. The predicted octanol–water partition coefficient (Wildman–Crippen LogP) is 1.67. The largest absolute Gasteiger partial charge is 0.360 e. The highest BCUT2D eigenvalue weighted by Crippen LogP contribution is 2.25. The van der Waals surface area contributed by atoms with Gasteiger partial charge in [-0.25, -0.2) is 18.1 Å². The molecule has 1 aromatic carbocycles. The molecule has 0 spiro atoms. The average Bonchev–Trinajstić information content (AvgIpc) is 3.09. The first-order valence-corrected chi connectivity index (χ1v) is 7.87. The van der Waals surface area contributed by atoms with Crippen LogP contribution in [0.2, 0.25) is 0 Å². The third-order valence-corrected chi connectivity index (χ3v) is 4.66. The molecule has 0 bridgehead atoms. The van der Waals surface area contributed by atoms with E-state index in [1.165, 1.54) is 17.3 Å². The lowest BCUT2D eigenvalue weighted by molar-refractivity contribution is 0.390. The SMILES string of the molecule is Cc1noc(C)c1S(=O)(=O)Nc1ccccc1-n1cncn1. The topological polar surface area (TPSA) is 103 Å². The number of hydrogen-bond acceptors (Lipinski definition) is 6. The zero-order valence-electron chi connectivity index (χ0n) is 11.9. The third kappa shape index (κ3) is 2.46. The van der Waals surface area contributed by atoms with E-state index < -0.39 is 10.0 Å². The van der Waals surface area contributed by atoms with Gasteiger partial charge in [0.2, 0.25) is 0 Å². The normalized spacial score (nSPS) is 11.5. The van der Waals surface area contributed by atoms with Gasteiger partial charge in [-0.2, -0.15) is 5.10 Å². The highest BCUT2D eigenvalue weighted by molar-refractivity contribution is 7.92. The summed E-state index contributed by atoms with van der Waals surface area (Å²) < 4.78 is 34.1. The summed E-state index contributed by atoms with van der Waals surface area (Å²) in [6.07, 6.45) is 2.86. The minimum atomic E-state index is -3.81. The van der Waals surface area contributed by atoms with E-state index in [9.17, 15) is 8.42 Å². The molecule has 0 aliphatic heterocycles. The maximum Gasteiger partial charge on any atom is 0.267 e. The van der Waals surface area contributed by atoms with Gasteiger partial charge in [0.1, 0.15) is 18.3 Å². The third-order valence-electron chi connectivity index (χ3n) is 3.05. The summed E-state index contributed by atoms with van der Waals surface area (Å²) in [4.78, 5) is 3.91. The molecule has 1 N–H and O–H groups in total. The highest BCUT2D eigenvalue weighted by Gasteiger charge is 2.25. The lowest BCUT2D eigenvalue weighted by Crippen LogP contribution is -2.16. The smallest absolute Gasteiger partial charge is 0.267 e. The molecule has 0 saturated carbocycles. The Balaban J connectivity index is 2.04. The Bertz CT molecular complexity index is 880. The van der Waals surface area contributed by atoms with Gasteiger partial charge in [0, 0.05) is 0 Å². The summed E-state index contributed by atoms with van der Waals surface area (Å²) in [6.45, 7) is 3.13. The first-order valence-electron chi connectivity index (χ1n) is 6.39. The Labute approximate surface area is 126 Å². The quantitative estimate of drug-likeness (QED) is 0.784. The first kappa shape index (κ1) is 14.3. The summed E-state index contributed by atoms with van der Waals surface area (Å²) in [7, 11) is -3.81. The number of aryl methyl sites for hydroxylation is 2. The van der Waals surface area contributed by atoms with Crippen molar-refractivity contribution in [2.24, 2.45) is 0 Å². The number of sulfonamides is 1. The van der Waals surface area contributed by atoms with Crippen LogP contribution < -0.4 is 4.72 Å². The molecule has 0 aliphatic carbocycles. The fraction of sp³-hybridized carbons (Fsp3) is 0.154. The Morgan fingerprint density at radius 2 is 2.00 bits per heavy atom. The molecular formula is C13H13N5O3S. The van der Waals surface area contributed by atoms with Gasteiger partial charge in [-0.05, 0) is 26.0 Å². The maximum atomic E-state index is 12.6. The van der Waals surface area contributed by atoms with Crippen LogP contribution in [0.15, 0.2) is 46.3 Å². The van der Waals surface area contributed by atoms with Gasteiger partial charge in [0.15, 0.2) is 10.7 Å². The summed E-state index contributed by atoms with van der Waals surface area (Å²) in [5.74, 6) is 0.239. The van der Waals surface area contributed by atoms with E-state index in [1.54, 1.807) is 38.1 Å². The van der Waals surface area contributed by atoms with Crippen LogP contribution in [0.4, 0.5) is 5.69 Å². The van der Waals surface area contributed by atoms with Crippen molar-refractivity contribution in [1.82, 2.24) is 19.9 Å². The van der Waals surface area contributed by atoms with Crippen LogP contribution >= 0.6 is 0 Å². The summed E-state index contributed by atoms with van der Waals surface area (Å²) in [5.41, 5.74) is 1.26. The van der Waals surface area contributed by atoms with Crippen LogP contribution in [0, 0.1) is 13.8 Å². The second-order valence-electron chi connectivity index (χ2n) is 4.62. The molecule has 22 heavy (non-hydrogen) atoms. The van der Waals surface area contributed by atoms with Gasteiger partial charge in [0.25, 0.3) is 10.0 Å². The van der Waals surface area contributed by atoms with Crippen molar-refractivity contribution in [2.45, 2.75) is 18.7 Å². The molecule has 3 rings (SSSR count). The fourth-order valence-electron chi connectivity index (χ4n) is 2.15. The summed E-state index contributed by atoms with van der Waals surface area (Å²) in [5, 5.41) is 7.69. The van der Waals surface area contributed by atoms with Crippen LogP contribution in [0.1, 0.15) is 11.5 Å². The molecule has 0 unspecified atom stereocenters. The molecule has 0 saturated heterocycles. The van der Waals surface area contributed by atoms with Gasteiger partial charge in [-0.1, -0.05) is 17.3 Å². The second-order valence-corrected chi connectivity index (χ2v) is 6.24. The van der Waals surface area contributed by atoms with E-state index in [4.69, 9.17) is 4.52 Å². The van der Waals surface area contributed by atoms with E-state index in [0.717, 1.165) is 0 Å². The van der Waals surface area contributed by atoms with E-state index >= 15 is 0 Å². The van der Waals surface area contributed by atoms with Crippen LogP contribution in [-0.2, 0) is 10.0 Å². The lowest BCUT2D eigenvalue weighted by Gasteiger charge is -2.11. The molecular weight excluding hydrogens is 306 g/mol. The second kappa shape index (κ2) is 5.26. The highest BCUT2D eigenvalue weighted by atomic mass is 32.2. The van der Waals surface area contributed by atoms with Crippen LogP contribution in [0.25, 0.3) is 5.69 Å². The van der Waals surface area contributed by atoms with Crippen molar-refractivity contribution in [2.75, 3.05) is 4.72 Å². The Hall–Kier alpha value is -2.68. The van der Waals surface area contributed by atoms with Crippen molar-refractivity contribution in [3.8, 4) is 5.69 Å². The van der Waals surface area contributed by atoms with Gasteiger partial charge in [0.05, 0.1) is 11.4 Å². The maximum absolute atomic E-state index is 12.6. The number of para-hydroxylation sites is 2. The Morgan fingerprint density at radius 3 is 2.64 bits per heavy atom. The van der Waals surface area contributed by atoms with Gasteiger partial charge < -0.3 is 4.52 Å². The van der Waals surface area contributed by atoms with Crippen LogP contribution in [0.3, 0.4) is 0 Å². The predicted molar refractivity (Wildman–Crippen MR) is 78.1 cm³/mol. The molecule has 0 radical (unpaired) electrons. The fourth-order valence-corrected chi connectivity index (χ4v) is 3.55. The molecule has 8 nitrogen and oxygen atoms in total. The van der Waals surface area contributed by atoms with E-state index in [2.05, 4.69) is 20.0 Å². The standard InChI is InChI=1S/C13H13N5O3S/c1-9-13(10(2)21-16-9)22(19,20)17-11-5-3-4-6-12(11)18-8-14-7-15-18/h3-8,17H,1-2H3. The Morgan fingerprint density at radius 1 is 1.23 bits per heavy atom. The minimum Gasteiger partial charge on any atom is -0.360 e. The summed E-state index contributed by atoms with van der Waals surface area (Å²) >= 11 is 0. The van der Waals surface area contributed by atoms with Crippen molar-refractivity contribution in [3.63, 3.8) is 0 Å². The zero-order chi connectivity index (χ0) is 15.7. The lowest BCUT2D eigenvalue weighted by atomic mass is 10.3.